The van der Waals surface area contributed by atoms with E-state index in [1.54, 1.807) is 6.20 Å². The van der Waals surface area contributed by atoms with Crippen molar-refractivity contribution in [1.29, 1.82) is 0 Å². The number of anilines is 1. The van der Waals surface area contributed by atoms with Crippen LogP contribution < -0.4 is 4.90 Å². The predicted molar refractivity (Wildman–Crippen MR) is 45.4 cm³/mol. The summed E-state index contributed by atoms with van der Waals surface area (Å²) in [6.45, 7) is 2.14. The van der Waals surface area contributed by atoms with Crippen LogP contribution in [0.4, 0.5) is 5.82 Å². The number of hydrogen-bond acceptors (Lipinski definition) is 3. The van der Waals surface area contributed by atoms with Crippen LogP contribution in [0.3, 0.4) is 0 Å². The molecule has 0 unspecified atom stereocenters. The number of nitrogens with one attached hydrogen (secondary N) is 1. The maximum atomic E-state index is 10.3. The highest BCUT2D eigenvalue weighted by Crippen LogP contribution is 2.16. The van der Waals surface area contributed by atoms with Crippen LogP contribution in [-0.4, -0.2) is 29.3 Å². The average molecular weight is 165 g/mol. The highest BCUT2D eigenvalue weighted by Gasteiger charge is 2.13. The van der Waals surface area contributed by atoms with E-state index < -0.39 is 0 Å². The van der Waals surface area contributed by atoms with Gasteiger partial charge in [-0.05, 0) is 12.8 Å². The number of hydrogen-bond donors (Lipinski definition) is 1. The molecule has 1 aliphatic heterocycles. The Morgan fingerprint density at radius 2 is 2.25 bits per heavy atom. The Bertz CT molecular complexity index is 276. The van der Waals surface area contributed by atoms with E-state index in [2.05, 4.69) is 14.9 Å². The molecule has 0 aliphatic carbocycles. The van der Waals surface area contributed by atoms with Crippen LogP contribution >= 0.6 is 0 Å². The number of rotatable bonds is 2. The van der Waals surface area contributed by atoms with E-state index in [0.29, 0.717) is 5.82 Å². The molecule has 1 saturated heterocycles. The number of carbonyl (C=O) groups excluding carboxylic acids is 1. The van der Waals surface area contributed by atoms with Gasteiger partial charge in [0.25, 0.3) is 0 Å². The van der Waals surface area contributed by atoms with E-state index in [9.17, 15) is 4.79 Å². The molecule has 0 atom stereocenters. The van der Waals surface area contributed by atoms with Gasteiger partial charge in [-0.15, -0.1) is 0 Å². The second kappa shape index (κ2) is 2.97. The van der Waals surface area contributed by atoms with Crippen molar-refractivity contribution in [2.75, 3.05) is 18.0 Å². The van der Waals surface area contributed by atoms with Gasteiger partial charge in [0.15, 0.2) is 12.1 Å². The van der Waals surface area contributed by atoms with Crippen molar-refractivity contribution in [3.05, 3.63) is 12.0 Å². The van der Waals surface area contributed by atoms with Gasteiger partial charge >= 0.3 is 0 Å². The minimum absolute atomic E-state index is 0.414. The number of carbonyl (C=O) groups is 1. The maximum Gasteiger partial charge on any atom is 0.185 e. The number of aromatic amines is 1. The standard InChI is InChI=1S/C8H11N3O/c12-6-7-9-5-8(10-7)11-3-1-2-4-11/h5-6H,1-4H2,(H,9,10). The lowest BCUT2D eigenvalue weighted by Gasteiger charge is -2.13. The Morgan fingerprint density at radius 3 is 2.83 bits per heavy atom. The molecule has 64 valence electrons. The normalized spacial score (nSPS) is 16.8. The van der Waals surface area contributed by atoms with Crippen LogP contribution in [0, 0.1) is 0 Å². The molecule has 1 fully saturated rings. The predicted octanol–water partition coefficient (Wildman–Crippen LogP) is 0.822. The zero-order valence-corrected chi connectivity index (χ0v) is 6.79. The summed E-state index contributed by atoms with van der Waals surface area (Å²) in [6.07, 6.45) is 4.92. The summed E-state index contributed by atoms with van der Waals surface area (Å²) < 4.78 is 0. The number of H-pyrrole nitrogens is 1. The minimum Gasteiger partial charge on any atom is -0.357 e. The van der Waals surface area contributed by atoms with E-state index in [0.717, 1.165) is 25.2 Å². The molecule has 4 heteroatoms. The molecule has 0 aromatic carbocycles. The molecule has 0 radical (unpaired) electrons. The number of nitrogens with zero attached hydrogens (tertiary/aromatic N) is 2. The maximum absolute atomic E-state index is 10.3. The summed E-state index contributed by atoms with van der Waals surface area (Å²) in [5, 5.41) is 0. The summed E-state index contributed by atoms with van der Waals surface area (Å²) >= 11 is 0. The lowest BCUT2D eigenvalue weighted by atomic mass is 10.4. The number of aldehydes is 1. The third-order valence-electron chi connectivity index (χ3n) is 2.14. The first-order valence-electron chi connectivity index (χ1n) is 4.15. The third-order valence-corrected chi connectivity index (χ3v) is 2.14. The lowest BCUT2D eigenvalue weighted by Crippen LogP contribution is -2.17. The summed E-state index contributed by atoms with van der Waals surface area (Å²) in [6, 6.07) is 0. The van der Waals surface area contributed by atoms with Gasteiger partial charge in [0.2, 0.25) is 0 Å². The SMILES string of the molecule is O=Cc1ncc(N2CCCC2)[nH]1. The summed E-state index contributed by atoms with van der Waals surface area (Å²) in [5.74, 6) is 1.38. The Morgan fingerprint density at radius 1 is 1.50 bits per heavy atom. The fraction of sp³-hybridized carbons (Fsp3) is 0.500. The molecule has 0 amide bonds. The largest absolute Gasteiger partial charge is 0.357 e. The molecule has 1 aromatic rings. The van der Waals surface area contributed by atoms with Crippen molar-refractivity contribution in [1.82, 2.24) is 9.97 Å². The van der Waals surface area contributed by atoms with Crippen molar-refractivity contribution in [3.63, 3.8) is 0 Å². The fourth-order valence-electron chi connectivity index (χ4n) is 1.51. The fourth-order valence-corrected chi connectivity index (χ4v) is 1.51. The molecular formula is C8H11N3O. The van der Waals surface area contributed by atoms with Crippen molar-refractivity contribution in [3.8, 4) is 0 Å². The molecule has 12 heavy (non-hydrogen) atoms. The molecule has 0 bridgehead atoms. The third kappa shape index (κ3) is 1.20. The zero-order chi connectivity index (χ0) is 8.39. The van der Waals surface area contributed by atoms with E-state index in [4.69, 9.17) is 0 Å². The van der Waals surface area contributed by atoms with Crippen LogP contribution in [0.15, 0.2) is 6.20 Å². The molecule has 1 aromatic heterocycles. The van der Waals surface area contributed by atoms with E-state index in [-0.39, 0.29) is 0 Å². The summed E-state index contributed by atoms with van der Waals surface area (Å²) in [4.78, 5) is 19.4. The van der Waals surface area contributed by atoms with Crippen LogP contribution in [0.2, 0.25) is 0 Å². The van der Waals surface area contributed by atoms with Gasteiger partial charge in [-0.25, -0.2) is 4.98 Å². The van der Waals surface area contributed by atoms with E-state index in [1.807, 2.05) is 0 Å². The van der Waals surface area contributed by atoms with E-state index in [1.165, 1.54) is 12.8 Å². The van der Waals surface area contributed by atoms with Crippen LogP contribution in [-0.2, 0) is 0 Å². The Hall–Kier alpha value is -1.32. The second-order valence-electron chi connectivity index (χ2n) is 2.97. The summed E-state index contributed by atoms with van der Waals surface area (Å²) in [5.41, 5.74) is 0. The molecular weight excluding hydrogens is 154 g/mol. The first-order valence-corrected chi connectivity index (χ1v) is 4.15. The first-order chi connectivity index (χ1) is 5.90. The second-order valence-corrected chi connectivity index (χ2v) is 2.97. The van der Waals surface area contributed by atoms with Gasteiger partial charge in [-0.1, -0.05) is 0 Å². The topological polar surface area (TPSA) is 49.0 Å². The minimum atomic E-state index is 0.414. The zero-order valence-electron chi connectivity index (χ0n) is 6.79. The van der Waals surface area contributed by atoms with Crippen molar-refractivity contribution in [2.24, 2.45) is 0 Å². The quantitative estimate of drug-likeness (QED) is 0.660. The van der Waals surface area contributed by atoms with Crippen LogP contribution in [0.25, 0.3) is 0 Å². The van der Waals surface area contributed by atoms with Gasteiger partial charge in [0.1, 0.15) is 5.82 Å². The molecule has 4 nitrogen and oxygen atoms in total. The monoisotopic (exact) mass is 165 g/mol. The number of imidazole rings is 1. The molecule has 1 N–H and O–H groups in total. The van der Waals surface area contributed by atoms with E-state index >= 15 is 0 Å². The molecule has 2 rings (SSSR count). The van der Waals surface area contributed by atoms with Gasteiger partial charge in [-0.3, -0.25) is 4.79 Å². The van der Waals surface area contributed by atoms with Crippen LogP contribution in [0.5, 0.6) is 0 Å². The first kappa shape index (κ1) is 7.34. The van der Waals surface area contributed by atoms with Crippen molar-refractivity contribution < 1.29 is 4.79 Å². The Kier molecular flexibility index (Phi) is 1.81. The molecule has 1 aliphatic rings. The highest BCUT2D eigenvalue weighted by atomic mass is 16.1. The Balaban J connectivity index is 2.16. The lowest BCUT2D eigenvalue weighted by molar-refractivity contribution is 0.111. The molecule has 0 saturated carbocycles. The summed E-state index contributed by atoms with van der Waals surface area (Å²) in [7, 11) is 0. The van der Waals surface area contributed by atoms with Gasteiger partial charge in [0.05, 0.1) is 6.20 Å². The van der Waals surface area contributed by atoms with Gasteiger partial charge in [0, 0.05) is 13.1 Å². The highest BCUT2D eigenvalue weighted by molar-refractivity contribution is 5.70. The smallest absolute Gasteiger partial charge is 0.185 e. The average Bonchev–Trinajstić information content (AvgIpc) is 2.75. The molecule has 0 spiro atoms. The van der Waals surface area contributed by atoms with Gasteiger partial charge in [-0.2, -0.15) is 0 Å². The van der Waals surface area contributed by atoms with Crippen LogP contribution in [0.1, 0.15) is 23.5 Å². The number of aromatic nitrogens is 2. The van der Waals surface area contributed by atoms with Crippen molar-refractivity contribution in [2.45, 2.75) is 12.8 Å². The molecule has 2 heterocycles. The van der Waals surface area contributed by atoms with Crippen molar-refractivity contribution >= 4 is 12.1 Å². The van der Waals surface area contributed by atoms with Gasteiger partial charge < -0.3 is 9.88 Å². The Labute approximate surface area is 70.6 Å².